The van der Waals surface area contributed by atoms with Crippen molar-refractivity contribution < 1.29 is 24.0 Å². The van der Waals surface area contributed by atoms with Crippen LogP contribution >= 0.6 is 7.82 Å². The molecule has 1 amide bonds. The summed E-state index contributed by atoms with van der Waals surface area (Å²) in [5, 5.41) is 0. The van der Waals surface area contributed by atoms with Gasteiger partial charge in [-0.25, -0.2) is 4.57 Å². The van der Waals surface area contributed by atoms with Gasteiger partial charge in [-0.3, -0.25) is 9.69 Å². The highest BCUT2D eigenvalue weighted by molar-refractivity contribution is 7.45. The second-order valence-electron chi connectivity index (χ2n) is 7.77. The highest BCUT2D eigenvalue weighted by atomic mass is 31.2. The molecule has 0 saturated heterocycles. The molecule has 8 nitrogen and oxygen atoms in total. The molecule has 1 aliphatic rings. The van der Waals surface area contributed by atoms with E-state index in [1.165, 1.54) is 0 Å². The Morgan fingerprint density at radius 3 is 2.10 bits per heavy atom. The third kappa shape index (κ3) is 8.42. The predicted molar refractivity (Wildman–Crippen MR) is 118 cm³/mol. The monoisotopic (exact) mass is 439 g/mol. The SMILES string of the molecule is CC(C)N(CCN1C=CC=CC1(CC(N)=O)c1ccccc1)C(C)C.O=P(O)(O)O. The van der Waals surface area contributed by atoms with E-state index in [0.717, 1.165) is 18.7 Å². The van der Waals surface area contributed by atoms with Crippen LogP contribution in [0.3, 0.4) is 0 Å². The number of carbonyl (C=O) groups excluding carboxylic acids is 1. The van der Waals surface area contributed by atoms with Crippen LogP contribution in [0.5, 0.6) is 0 Å². The Balaban J connectivity index is 0.000000804. The molecule has 2 rings (SSSR count). The van der Waals surface area contributed by atoms with Gasteiger partial charge in [-0.1, -0.05) is 42.5 Å². The van der Waals surface area contributed by atoms with Crippen molar-refractivity contribution in [3.05, 3.63) is 60.3 Å². The van der Waals surface area contributed by atoms with Crippen molar-refractivity contribution in [3.63, 3.8) is 0 Å². The molecule has 5 N–H and O–H groups in total. The van der Waals surface area contributed by atoms with Gasteiger partial charge in [0.25, 0.3) is 0 Å². The van der Waals surface area contributed by atoms with Gasteiger partial charge in [-0.15, -0.1) is 0 Å². The molecule has 1 aliphatic heterocycles. The number of hydrogen-bond acceptors (Lipinski definition) is 4. The normalized spacial score (nSPS) is 18.7. The molecule has 1 atom stereocenters. The maximum absolute atomic E-state index is 11.9. The van der Waals surface area contributed by atoms with E-state index >= 15 is 0 Å². The molecule has 1 unspecified atom stereocenters. The van der Waals surface area contributed by atoms with E-state index in [2.05, 4.69) is 61.9 Å². The molecular formula is C21H34N3O5P. The van der Waals surface area contributed by atoms with Crippen LogP contribution in [0.15, 0.2) is 54.8 Å². The van der Waals surface area contributed by atoms with Gasteiger partial charge in [0.1, 0.15) is 0 Å². The highest BCUT2D eigenvalue weighted by Crippen LogP contribution is 2.36. The average Bonchev–Trinajstić information content (AvgIpc) is 2.61. The quantitative estimate of drug-likeness (QED) is 0.458. The van der Waals surface area contributed by atoms with Crippen LogP contribution in [0.4, 0.5) is 0 Å². The lowest BCUT2D eigenvalue weighted by atomic mass is 9.83. The molecule has 1 aromatic rings. The van der Waals surface area contributed by atoms with E-state index in [9.17, 15) is 4.79 Å². The van der Waals surface area contributed by atoms with Crippen molar-refractivity contribution in [2.24, 2.45) is 5.73 Å². The Kier molecular flexibility index (Phi) is 9.94. The van der Waals surface area contributed by atoms with E-state index in [1.54, 1.807) is 0 Å². The molecule has 168 valence electrons. The molecular weight excluding hydrogens is 405 g/mol. The molecule has 1 heterocycles. The fourth-order valence-corrected chi connectivity index (χ4v) is 3.72. The van der Waals surface area contributed by atoms with Gasteiger partial charge in [-0.2, -0.15) is 0 Å². The number of benzene rings is 1. The topological polar surface area (TPSA) is 127 Å². The number of hydrogen-bond donors (Lipinski definition) is 4. The molecule has 9 heteroatoms. The van der Waals surface area contributed by atoms with Gasteiger partial charge in [0, 0.05) is 31.4 Å². The zero-order valence-electron chi connectivity index (χ0n) is 18.0. The maximum atomic E-state index is 11.9. The summed E-state index contributed by atoms with van der Waals surface area (Å²) in [6.07, 6.45) is 8.48. The van der Waals surface area contributed by atoms with Crippen LogP contribution in [-0.2, 0) is 14.9 Å². The molecule has 0 saturated carbocycles. The number of rotatable bonds is 8. The largest absolute Gasteiger partial charge is 0.466 e. The first kappa shape index (κ1) is 26.1. The molecule has 1 aromatic carbocycles. The smallest absolute Gasteiger partial charge is 0.370 e. The van der Waals surface area contributed by atoms with Gasteiger partial charge >= 0.3 is 7.82 Å². The Hall–Kier alpha value is -1.96. The van der Waals surface area contributed by atoms with Crippen LogP contribution in [-0.4, -0.2) is 55.6 Å². The fraction of sp³-hybridized carbons (Fsp3) is 0.476. The second-order valence-corrected chi connectivity index (χ2v) is 8.79. The third-order valence-corrected chi connectivity index (χ3v) is 4.90. The first-order valence-electron chi connectivity index (χ1n) is 9.87. The highest BCUT2D eigenvalue weighted by Gasteiger charge is 2.37. The Bertz CT molecular complexity index is 760. The molecule has 0 aromatic heterocycles. The number of primary amides is 1. The summed E-state index contributed by atoms with van der Waals surface area (Å²) >= 11 is 0. The van der Waals surface area contributed by atoms with Gasteiger partial charge in [0.05, 0.1) is 12.0 Å². The summed E-state index contributed by atoms with van der Waals surface area (Å²) in [6, 6.07) is 11.1. The Morgan fingerprint density at radius 2 is 1.63 bits per heavy atom. The lowest BCUT2D eigenvalue weighted by Gasteiger charge is -2.44. The van der Waals surface area contributed by atoms with Crippen molar-refractivity contribution in [2.75, 3.05) is 13.1 Å². The minimum atomic E-state index is -4.64. The van der Waals surface area contributed by atoms with Crippen molar-refractivity contribution in [1.29, 1.82) is 0 Å². The third-order valence-electron chi connectivity index (χ3n) is 4.90. The first-order chi connectivity index (χ1) is 13.9. The summed E-state index contributed by atoms with van der Waals surface area (Å²) in [7, 11) is -4.64. The van der Waals surface area contributed by atoms with Gasteiger partial charge < -0.3 is 25.3 Å². The zero-order valence-corrected chi connectivity index (χ0v) is 18.9. The number of nitrogens with zero attached hydrogens (tertiary/aromatic N) is 2. The molecule has 0 radical (unpaired) electrons. The fourth-order valence-electron chi connectivity index (χ4n) is 3.72. The molecule has 0 fully saturated rings. The van der Waals surface area contributed by atoms with E-state index in [-0.39, 0.29) is 12.3 Å². The van der Waals surface area contributed by atoms with E-state index in [4.69, 9.17) is 25.0 Å². The number of carbonyl (C=O) groups is 1. The van der Waals surface area contributed by atoms with E-state index in [1.807, 2.05) is 30.4 Å². The lowest BCUT2D eigenvalue weighted by molar-refractivity contribution is -0.120. The van der Waals surface area contributed by atoms with E-state index < -0.39 is 13.4 Å². The van der Waals surface area contributed by atoms with Crippen molar-refractivity contribution in [2.45, 2.75) is 51.7 Å². The summed E-state index contributed by atoms with van der Waals surface area (Å²) < 4.78 is 8.88. The van der Waals surface area contributed by atoms with Gasteiger partial charge in [0.15, 0.2) is 0 Å². The van der Waals surface area contributed by atoms with Crippen LogP contribution < -0.4 is 5.73 Å². The van der Waals surface area contributed by atoms with Gasteiger partial charge in [0.2, 0.25) is 5.91 Å². The van der Waals surface area contributed by atoms with Crippen molar-refractivity contribution in [3.8, 4) is 0 Å². The Morgan fingerprint density at radius 1 is 1.10 bits per heavy atom. The number of amides is 1. The van der Waals surface area contributed by atoms with Crippen molar-refractivity contribution >= 4 is 13.7 Å². The number of allylic oxidation sites excluding steroid dienone is 2. The maximum Gasteiger partial charge on any atom is 0.466 e. The lowest BCUT2D eigenvalue weighted by Crippen LogP contribution is -2.49. The Labute approximate surface area is 178 Å². The van der Waals surface area contributed by atoms with Crippen LogP contribution in [0, 0.1) is 0 Å². The summed E-state index contributed by atoms with van der Waals surface area (Å²) in [5.41, 5.74) is 6.21. The molecule has 0 bridgehead atoms. The average molecular weight is 439 g/mol. The van der Waals surface area contributed by atoms with Crippen LogP contribution in [0.25, 0.3) is 0 Å². The first-order valence-corrected chi connectivity index (χ1v) is 11.4. The summed E-state index contributed by atoms with van der Waals surface area (Å²) in [4.78, 5) is 38.2. The summed E-state index contributed by atoms with van der Waals surface area (Å²) in [6.45, 7) is 10.7. The predicted octanol–water partition coefficient (Wildman–Crippen LogP) is 2.33. The van der Waals surface area contributed by atoms with Crippen molar-refractivity contribution in [1.82, 2.24) is 9.80 Å². The standard InChI is InChI=1S/C21H31N3O.H3O4P/c1-17(2)24(18(3)4)15-14-23-13-9-8-12-21(23,16-20(22)25)19-10-6-5-7-11-19;1-5(2,3)4/h5-13,17-18H,14-16H2,1-4H3,(H2,22,25);(H3,1,2,3,4). The van der Waals surface area contributed by atoms with E-state index in [0.29, 0.717) is 12.1 Å². The minimum absolute atomic E-state index is 0.265. The van der Waals surface area contributed by atoms with Crippen LogP contribution in [0.2, 0.25) is 0 Å². The minimum Gasteiger partial charge on any atom is -0.370 e. The summed E-state index contributed by atoms with van der Waals surface area (Å²) in [5.74, 6) is -0.293. The molecule has 0 spiro atoms. The van der Waals surface area contributed by atoms with Gasteiger partial charge in [-0.05, 0) is 39.3 Å². The van der Waals surface area contributed by atoms with Crippen LogP contribution in [0.1, 0.15) is 39.7 Å². The zero-order chi connectivity index (χ0) is 22.9. The number of nitrogens with two attached hydrogens (primary N) is 1. The molecule has 30 heavy (non-hydrogen) atoms. The molecule has 0 aliphatic carbocycles. The second kappa shape index (κ2) is 11.4. The number of phosphoric acid groups is 1.